The molecule has 20 heavy (non-hydrogen) atoms. The van der Waals surface area contributed by atoms with Gasteiger partial charge in [0, 0.05) is 26.2 Å². The fraction of sp³-hybridized carbons (Fsp3) is 0.583. The van der Waals surface area contributed by atoms with Crippen LogP contribution in [0.25, 0.3) is 0 Å². The number of anilines is 1. The fourth-order valence-electron chi connectivity index (χ4n) is 2.08. The summed E-state index contributed by atoms with van der Waals surface area (Å²) in [6.45, 7) is 7.11. The Labute approximate surface area is 127 Å². The van der Waals surface area contributed by atoms with Gasteiger partial charge in [-0.3, -0.25) is 9.69 Å². The molecule has 0 aromatic carbocycles. The first-order valence-electron chi connectivity index (χ1n) is 6.36. The number of carbonyl (C=O) groups is 1. The van der Waals surface area contributed by atoms with Crippen molar-refractivity contribution in [2.45, 2.75) is 19.4 Å². The average Bonchev–Trinajstić information content (AvgIpc) is 2.43. The van der Waals surface area contributed by atoms with Crippen LogP contribution in [0.3, 0.4) is 0 Å². The fourth-order valence-corrected chi connectivity index (χ4v) is 2.49. The molecule has 1 aromatic rings. The second-order valence-electron chi connectivity index (χ2n) is 5.08. The van der Waals surface area contributed by atoms with Crippen LogP contribution in [0.5, 0.6) is 0 Å². The zero-order chi connectivity index (χ0) is 14.8. The van der Waals surface area contributed by atoms with Gasteiger partial charge < -0.3 is 10.6 Å². The Bertz CT molecular complexity index is 482. The summed E-state index contributed by atoms with van der Waals surface area (Å²) in [6.07, 6.45) is 1.25. The van der Waals surface area contributed by atoms with E-state index in [1.165, 1.54) is 6.33 Å². The maximum absolute atomic E-state index is 12.5. The monoisotopic (exact) mass is 317 g/mol. The van der Waals surface area contributed by atoms with Crippen molar-refractivity contribution in [3.05, 3.63) is 16.6 Å². The minimum Gasteiger partial charge on any atom is -0.319 e. The van der Waals surface area contributed by atoms with Gasteiger partial charge in [-0.1, -0.05) is 23.2 Å². The molecule has 0 atom stereocenters. The summed E-state index contributed by atoms with van der Waals surface area (Å²) in [6, 6.07) is 0. The first-order chi connectivity index (χ1) is 9.43. The molecule has 0 aliphatic carbocycles. The van der Waals surface area contributed by atoms with Crippen molar-refractivity contribution in [3.63, 3.8) is 0 Å². The SMILES string of the molecule is CC(C)(C(=O)Nc1c(Cl)ncnc1Cl)N1CCNCC1. The van der Waals surface area contributed by atoms with Gasteiger partial charge in [0.25, 0.3) is 0 Å². The van der Waals surface area contributed by atoms with E-state index in [2.05, 4.69) is 25.5 Å². The molecule has 2 N–H and O–H groups in total. The summed E-state index contributed by atoms with van der Waals surface area (Å²) >= 11 is 11.9. The van der Waals surface area contributed by atoms with Gasteiger partial charge in [-0.15, -0.1) is 0 Å². The molecule has 0 spiro atoms. The molecule has 110 valence electrons. The minimum absolute atomic E-state index is 0.134. The van der Waals surface area contributed by atoms with Crippen LogP contribution < -0.4 is 10.6 Å². The summed E-state index contributed by atoms with van der Waals surface area (Å²) in [5, 5.41) is 6.25. The summed E-state index contributed by atoms with van der Waals surface area (Å²) in [4.78, 5) is 22.2. The smallest absolute Gasteiger partial charge is 0.244 e. The van der Waals surface area contributed by atoms with Gasteiger partial charge in [0.15, 0.2) is 10.3 Å². The molecule has 0 unspecified atom stereocenters. The molecule has 1 aromatic heterocycles. The quantitative estimate of drug-likeness (QED) is 0.825. The summed E-state index contributed by atoms with van der Waals surface area (Å²) in [5.41, 5.74) is -0.408. The van der Waals surface area contributed by atoms with Gasteiger partial charge in [-0.25, -0.2) is 9.97 Å². The van der Waals surface area contributed by atoms with Gasteiger partial charge in [-0.05, 0) is 13.8 Å². The van der Waals surface area contributed by atoms with E-state index in [1.54, 1.807) is 0 Å². The van der Waals surface area contributed by atoms with E-state index in [9.17, 15) is 4.79 Å². The highest BCUT2D eigenvalue weighted by Gasteiger charge is 2.35. The lowest BCUT2D eigenvalue weighted by molar-refractivity contribution is -0.126. The molecule has 1 saturated heterocycles. The number of nitrogens with zero attached hydrogens (tertiary/aromatic N) is 3. The van der Waals surface area contributed by atoms with Crippen molar-refractivity contribution < 1.29 is 4.79 Å². The van der Waals surface area contributed by atoms with Crippen LogP contribution in [-0.2, 0) is 4.79 Å². The zero-order valence-electron chi connectivity index (χ0n) is 11.4. The Morgan fingerprint density at radius 2 is 1.85 bits per heavy atom. The standard InChI is InChI=1S/C12H17Cl2N5O/c1-12(2,19-5-3-15-4-6-19)11(20)18-8-9(13)16-7-17-10(8)14/h7,15H,3-6H2,1-2H3,(H,18,20). The van der Waals surface area contributed by atoms with Gasteiger partial charge in [0.2, 0.25) is 5.91 Å². The van der Waals surface area contributed by atoms with E-state index in [0.717, 1.165) is 26.2 Å². The topological polar surface area (TPSA) is 70.2 Å². The maximum Gasteiger partial charge on any atom is 0.244 e. The number of amides is 1. The van der Waals surface area contributed by atoms with E-state index in [4.69, 9.17) is 23.2 Å². The van der Waals surface area contributed by atoms with E-state index in [0.29, 0.717) is 0 Å². The lowest BCUT2D eigenvalue weighted by Crippen LogP contribution is -2.58. The number of aromatic nitrogens is 2. The molecular formula is C12H17Cl2N5O. The molecule has 1 amide bonds. The van der Waals surface area contributed by atoms with Crippen molar-refractivity contribution >= 4 is 34.8 Å². The Morgan fingerprint density at radius 1 is 1.30 bits per heavy atom. The van der Waals surface area contributed by atoms with Gasteiger partial charge in [0.1, 0.15) is 12.0 Å². The molecule has 2 heterocycles. The van der Waals surface area contributed by atoms with Crippen molar-refractivity contribution in [2.24, 2.45) is 0 Å². The number of halogens is 2. The Balaban J connectivity index is 2.14. The summed E-state index contributed by atoms with van der Waals surface area (Å²) in [7, 11) is 0. The molecule has 1 aliphatic heterocycles. The van der Waals surface area contributed by atoms with Crippen LogP contribution in [0.15, 0.2) is 6.33 Å². The van der Waals surface area contributed by atoms with Crippen molar-refractivity contribution in [3.8, 4) is 0 Å². The Hall–Kier alpha value is -0.950. The largest absolute Gasteiger partial charge is 0.319 e. The minimum atomic E-state index is -0.662. The third-order valence-electron chi connectivity index (χ3n) is 3.46. The van der Waals surface area contributed by atoms with Crippen LogP contribution >= 0.6 is 23.2 Å². The van der Waals surface area contributed by atoms with Gasteiger partial charge in [0.05, 0.1) is 5.54 Å². The average molecular weight is 318 g/mol. The number of rotatable bonds is 3. The number of nitrogens with one attached hydrogen (secondary N) is 2. The number of hydrogen-bond acceptors (Lipinski definition) is 5. The van der Waals surface area contributed by atoms with Crippen LogP contribution in [-0.4, -0.2) is 52.5 Å². The lowest BCUT2D eigenvalue weighted by Gasteiger charge is -2.39. The van der Waals surface area contributed by atoms with Crippen molar-refractivity contribution in [1.82, 2.24) is 20.2 Å². The Morgan fingerprint density at radius 3 is 2.40 bits per heavy atom. The Kier molecular flexibility index (Phi) is 4.80. The summed E-state index contributed by atoms with van der Waals surface area (Å²) < 4.78 is 0. The van der Waals surface area contributed by atoms with Gasteiger partial charge >= 0.3 is 0 Å². The molecule has 6 nitrogen and oxygen atoms in total. The third kappa shape index (κ3) is 3.20. The van der Waals surface area contributed by atoms with Gasteiger partial charge in [-0.2, -0.15) is 0 Å². The second-order valence-corrected chi connectivity index (χ2v) is 5.80. The molecule has 0 radical (unpaired) electrons. The van der Waals surface area contributed by atoms with Crippen LogP contribution in [0.2, 0.25) is 10.3 Å². The highest BCUT2D eigenvalue weighted by molar-refractivity contribution is 6.38. The first kappa shape index (κ1) is 15.4. The first-order valence-corrected chi connectivity index (χ1v) is 7.11. The molecule has 8 heteroatoms. The molecule has 0 bridgehead atoms. The maximum atomic E-state index is 12.5. The predicted molar refractivity (Wildman–Crippen MR) is 79.2 cm³/mol. The molecular weight excluding hydrogens is 301 g/mol. The van der Waals surface area contributed by atoms with Crippen molar-refractivity contribution in [1.29, 1.82) is 0 Å². The lowest BCUT2D eigenvalue weighted by atomic mass is 10.0. The molecule has 1 aliphatic rings. The van der Waals surface area contributed by atoms with E-state index in [-0.39, 0.29) is 21.9 Å². The highest BCUT2D eigenvalue weighted by atomic mass is 35.5. The summed E-state index contributed by atoms with van der Waals surface area (Å²) in [5.74, 6) is -0.182. The number of carbonyl (C=O) groups excluding carboxylic acids is 1. The third-order valence-corrected chi connectivity index (χ3v) is 4.03. The zero-order valence-corrected chi connectivity index (χ0v) is 12.9. The number of piperazine rings is 1. The van der Waals surface area contributed by atoms with Crippen LogP contribution in [0, 0.1) is 0 Å². The van der Waals surface area contributed by atoms with E-state index >= 15 is 0 Å². The van der Waals surface area contributed by atoms with Crippen LogP contribution in [0.4, 0.5) is 5.69 Å². The second kappa shape index (κ2) is 6.22. The normalized spacial score (nSPS) is 17.0. The highest BCUT2D eigenvalue weighted by Crippen LogP contribution is 2.27. The predicted octanol–water partition coefficient (Wildman–Crippen LogP) is 1.41. The number of hydrogen-bond donors (Lipinski definition) is 2. The van der Waals surface area contributed by atoms with E-state index < -0.39 is 5.54 Å². The van der Waals surface area contributed by atoms with Crippen LogP contribution in [0.1, 0.15) is 13.8 Å². The van der Waals surface area contributed by atoms with E-state index in [1.807, 2.05) is 13.8 Å². The molecule has 2 rings (SSSR count). The molecule has 1 fully saturated rings. The van der Waals surface area contributed by atoms with Crippen molar-refractivity contribution in [2.75, 3.05) is 31.5 Å². The molecule has 0 saturated carbocycles.